The normalized spacial score (nSPS) is 16.4. The summed E-state index contributed by atoms with van der Waals surface area (Å²) in [6.45, 7) is 15.9. The summed E-state index contributed by atoms with van der Waals surface area (Å²) in [6.07, 6.45) is 3.40. The lowest BCUT2D eigenvalue weighted by atomic mass is 9.96. The molecule has 9 nitrogen and oxygen atoms in total. The topological polar surface area (TPSA) is 117 Å². The van der Waals surface area contributed by atoms with Gasteiger partial charge in [0.1, 0.15) is 23.8 Å². The smallest absolute Gasteiger partial charge is 0.342 e. The highest BCUT2D eigenvalue weighted by Gasteiger charge is 2.28. The number of aliphatic carboxylic acids is 1. The molecule has 0 spiro atoms. The fourth-order valence-electron chi connectivity index (χ4n) is 4.68. The van der Waals surface area contributed by atoms with Gasteiger partial charge in [0.05, 0.1) is 31.6 Å². The van der Waals surface area contributed by atoms with Gasteiger partial charge in [0.15, 0.2) is 0 Å². The van der Waals surface area contributed by atoms with Crippen LogP contribution < -0.4 is 5.32 Å². The Kier molecular flexibility index (Phi) is 9.52. The Hall–Kier alpha value is -4.21. The number of pyridine rings is 1. The molecule has 2 aliphatic rings. The highest BCUT2D eigenvalue weighted by molar-refractivity contribution is 6.08. The second-order valence-electron chi connectivity index (χ2n) is 9.69. The molecule has 0 saturated carbocycles. The minimum Gasteiger partial charge on any atom is -0.488 e. The van der Waals surface area contributed by atoms with Crippen molar-refractivity contribution >= 4 is 23.6 Å². The Labute approximate surface area is 235 Å². The third-order valence-electron chi connectivity index (χ3n) is 6.84. The number of nitrogens with one attached hydrogen (secondary N) is 2. The van der Waals surface area contributed by atoms with Gasteiger partial charge in [-0.25, -0.2) is 9.78 Å². The van der Waals surface area contributed by atoms with Gasteiger partial charge in [-0.2, -0.15) is 0 Å². The summed E-state index contributed by atoms with van der Waals surface area (Å²) in [5, 5.41) is 19.8. The molecule has 1 fully saturated rings. The summed E-state index contributed by atoms with van der Waals surface area (Å²) in [6, 6.07) is 12.3. The van der Waals surface area contributed by atoms with E-state index in [0.717, 1.165) is 50.1 Å². The number of anilines is 1. The molecule has 3 heterocycles. The molecule has 40 heavy (non-hydrogen) atoms. The van der Waals surface area contributed by atoms with Crippen LogP contribution in [-0.4, -0.2) is 59.6 Å². The Morgan fingerprint density at radius 1 is 1.27 bits per heavy atom. The molecule has 210 valence electrons. The lowest BCUT2D eigenvalue weighted by molar-refractivity contribution is -0.132. The Balaban J connectivity index is 1.54. The molecule has 1 saturated heterocycles. The van der Waals surface area contributed by atoms with Gasteiger partial charge in [-0.15, -0.1) is 0 Å². The first-order valence-electron chi connectivity index (χ1n) is 13.3. The average molecular weight is 545 g/mol. The molecule has 1 aromatic heterocycles. The van der Waals surface area contributed by atoms with Crippen LogP contribution in [0.1, 0.15) is 36.2 Å². The van der Waals surface area contributed by atoms with Crippen molar-refractivity contribution in [2.45, 2.75) is 39.5 Å². The van der Waals surface area contributed by atoms with Gasteiger partial charge >= 0.3 is 5.97 Å². The van der Waals surface area contributed by atoms with E-state index in [-0.39, 0.29) is 18.1 Å². The molecular formula is C31H36N4O5. The van der Waals surface area contributed by atoms with E-state index < -0.39 is 5.97 Å². The molecule has 2 aromatic rings. The molecule has 0 atom stereocenters. The zero-order chi connectivity index (χ0) is 28.6. The lowest BCUT2D eigenvalue weighted by Gasteiger charge is -2.40. The largest absolute Gasteiger partial charge is 0.488 e. The minimum absolute atomic E-state index is 0.0632. The summed E-state index contributed by atoms with van der Waals surface area (Å²) in [7, 11) is 0. The molecule has 0 radical (unpaired) electrons. The number of aromatic nitrogens is 1. The first-order valence-corrected chi connectivity index (χ1v) is 13.3. The van der Waals surface area contributed by atoms with Crippen molar-refractivity contribution in [2.75, 3.05) is 31.7 Å². The molecule has 4 rings (SSSR count). The molecule has 0 amide bonds. The van der Waals surface area contributed by atoms with Crippen LogP contribution in [0, 0.1) is 5.41 Å². The van der Waals surface area contributed by atoms with Crippen LogP contribution >= 0.6 is 0 Å². The number of benzene rings is 1. The molecular weight excluding hydrogens is 508 g/mol. The van der Waals surface area contributed by atoms with E-state index in [1.807, 2.05) is 13.0 Å². The third kappa shape index (κ3) is 6.67. The summed E-state index contributed by atoms with van der Waals surface area (Å²) < 4.78 is 17.1. The van der Waals surface area contributed by atoms with Gasteiger partial charge in [0.2, 0.25) is 5.88 Å². The quantitative estimate of drug-likeness (QED) is 0.141. The summed E-state index contributed by atoms with van der Waals surface area (Å²) in [4.78, 5) is 18.7. The van der Waals surface area contributed by atoms with Gasteiger partial charge in [0, 0.05) is 24.9 Å². The fraction of sp³-hybridized carbons (Fsp3) is 0.323. The van der Waals surface area contributed by atoms with Crippen LogP contribution in [0.15, 0.2) is 78.4 Å². The Morgan fingerprint density at radius 2 is 2.08 bits per heavy atom. The monoisotopic (exact) mass is 544 g/mol. The summed E-state index contributed by atoms with van der Waals surface area (Å²) in [5.74, 6) is -0.426. The number of carboxylic acid groups (broad SMARTS) is 1. The van der Waals surface area contributed by atoms with E-state index in [2.05, 4.69) is 46.6 Å². The maximum atomic E-state index is 11.5. The number of allylic oxidation sites excluding steroid dienone is 3. The van der Waals surface area contributed by atoms with E-state index in [0.29, 0.717) is 35.5 Å². The number of carboxylic acids is 1. The Morgan fingerprint density at radius 3 is 2.70 bits per heavy atom. The first-order chi connectivity index (χ1) is 19.3. The van der Waals surface area contributed by atoms with E-state index in [1.165, 1.54) is 11.1 Å². The zero-order valence-corrected chi connectivity index (χ0v) is 23.0. The number of nitrogens with zero attached hydrogens (tertiary/aromatic N) is 2. The third-order valence-corrected chi connectivity index (χ3v) is 6.84. The van der Waals surface area contributed by atoms with Gasteiger partial charge in [-0.1, -0.05) is 43.5 Å². The van der Waals surface area contributed by atoms with Crippen LogP contribution in [0.5, 0.6) is 0 Å². The maximum Gasteiger partial charge on any atom is 0.342 e. The van der Waals surface area contributed by atoms with Crippen LogP contribution in [0.4, 0.5) is 5.82 Å². The second-order valence-corrected chi connectivity index (χ2v) is 9.69. The van der Waals surface area contributed by atoms with E-state index in [1.54, 1.807) is 25.1 Å². The number of carbonyl (C=O) groups is 1. The standard InChI is InChI=1S/C31H36N4O5/c1-5-25(27-8-7-9-28(33-27)34-30(39-6-2)26(15-32)31(36)37)29(20(3)4)40-17-21-10-11-23-16-35(24-18-38-19-24)13-12-22(23)14-21/h5,7-11,14-15,24,32H,1,3,6,12-13,16-19H2,2,4H3,(H,33,34)(H,36,37)/b29-25-,30-26-,32-15?. The zero-order valence-electron chi connectivity index (χ0n) is 23.0. The van der Waals surface area contributed by atoms with Crippen molar-refractivity contribution < 1.29 is 24.1 Å². The van der Waals surface area contributed by atoms with Gasteiger partial charge < -0.3 is 30.0 Å². The molecule has 9 heteroatoms. The number of hydrogen-bond donors (Lipinski definition) is 3. The van der Waals surface area contributed by atoms with Gasteiger partial charge in [0.25, 0.3) is 0 Å². The SMILES string of the molecule is C=C/C(=C(/OCc1ccc2c(c1)CCN(C1COC1)C2)C(=C)C)c1cccc(N/C(OCC)=C(\C=N)C(=O)O)n1. The van der Waals surface area contributed by atoms with Crippen LogP contribution in [0.25, 0.3) is 5.57 Å². The van der Waals surface area contributed by atoms with Crippen molar-refractivity contribution in [1.82, 2.24) is 9.88 Å². The number of rotatable bonds is 13. The number of hydrogen-bond acceptors (Lipinski definition) is 8. The molecule has 0 bridgehead atoms. The highest BCUT2D eigenvalue weighted by atomic mass is 16.5. The lowest BCUT2D eigenvalue weighted by Crippen LogP contribution is -2.50. The van der Waals surface area contributed by atoms with Crippen molar-refractivity contribution in [2.24, 2.45) is 0 Å². The summed E-state index contributed by atoms with van der Waals surface area (Å²) >= 11 is 0. The van der Waals surface area contributed by atoms with Crippen LogP contribution in [0.2, 0.25) is 0 Å². The number of ether oxygens (including phenoxy) is 3. The van der Waals surface area contributed by atoms with Crippen molar-refractivity contribution in [3.8, 4) is 0 Å². The van der Waals surface area contributed by atoms with E-state index >= 15 is 0 Å². The molecule has 1 aromatic carbocycles. The van der Waals surface area contributed by atoms with E-state index in [4.69, 9.17) is 19.6 Å². The molecule has 3 N–H and O–H groups in total. The molecule has 0 unspecified atom stereocenters. The predicted molar refractivity (Wildman–Crippen MR) is 155 cm³/mol. The van der Waals surface area contributed by atoms with E-state index in [9.17, 15) is 9.90 Å². The maximum absolute atomic E-state index is 11.5. The number of fused-ring (bicyclic) bond motifs is 1. The van der Waals surface area contributed by atoms with Crippen molar-refractivity contribution in [3.63, 3.8) is 0 Å². The van der Waals surface area contributed by atoms with Crippen molar-refractivity contribution in [1.29, 1.82) is 5.41 Å². The molecule has 0 aliphatic carbocycles. The first kappa shape index (κ1) is 28.8. The van der Waals surface area contributed by atoms with Gasteiger partial charge in [-0.3, -0.25) is 4.90 Å². The predicted octanol–water partition coefficient (Wildman–Crippen LogP) is 4.92. The Bertz CT molecular complexity index is 1360. The fourth-order valence-corrected chi connectivity index (χ4v) is 4.68. The summed E-state index contributed by atoms with van der Waals surface area (Å²) in [5.41, 5.74) is 5.40. The minimum atomic E-state index is -1.28. The van der Waals surface area contributed by atoms with Gasteiger partial charge in [-0.05, 0) is 54.7 Å². The highest BCUT2D eigenvalue weighted by Crippen LogP contribution is 2.28. The van der Waals surface area contributed by atoms with Crippen LogP contribution in [-0.2, 0) is 38.6 Å². The molecule has 2 aliphatic heterocycles. The average Bonchev–Trinajstić information content (AvgIpc) is 2.90. The van der Waals surface area contributed by atoms with Crippen LogP contribution in [0.3, 0.4) is 0 Å². The second kappa shape index (κ2) is 13.2. The van der Waals surface area contributed by atoms with Crippen molar-refractivity contribution in [3.05, 3.63) is 101 Å².